The van der Waals surface area contributed by atoms with Crippen LogP contribution in [-0.2, 0) is 14.4 Å². The first-order chi connectivity index (χ1) is 11.0. The van der Waals surface area contributed by atoms with Crippen molar-refractivity contribution in [3.05, 3.63) is 34.7 Å². The van der Waals surface area contributed by atoms with Gasteiger partial charge in [0, 0.05) is 19.2 Å². The van der Waals surface area contributed by atoms with Crippen LogP contribution in [0.25, 0.3) is 5.57 Å². The number of hydrogen-bond acceptors (Lipinski definition) is 4. The molecule has 3 amide bonds. The molecule has 0 radical (unpaired) electrons. The van der Waals surface area contributed by atoms with Gasteiger partial charge in [-0.15, -0.1) is 11.8 Å². The van der Waals surface area contributed by atoms with Crippen LogP contribution in [0, 0.1) is 0 Å². The van der Waals surface area contributed by atoms with Crippen molar-refractivity contribution in [2.45, 2.75) is 27.2 Å². The molecule has 23 heavy (non-hydrogen) atoms. The third kappa shape index (κ3) is 3.64. The van der Waals surface area contributed by atoms with E-state index in [1.165, 1.54) is 23.6 Å². The van der Waals surface area contributed by atoms with E-state index in [2.05, 4.69) is 5.32 Å². The summed E-state index contributed by atoms with van der Waals surface area (Å²) in [5.41, 5.74) is 1.82. The summed E-state index contributed by atoms with van der Waals surface area (Å²) in [6.45, 7) is 5.76. The molecule has 6 heteroatoms. The van der Waals surface area contributed by atoms with Crippen LogP contribution in [-0.4, -0.2) is 34.9 Å². The number of hydrogen-bond donors (Lipinski definition) is 1. The maximum absolute atomic E-state index is 12.6. The van der Waals surface area contributed by atoms with Crippen molar-refractivity contribution < 1.29 is 14.4 Å². The fourth-order valence-electron chi connectivity index (χ4n) is 2.44. The Hall–Kier alpha value is -2.08. The molecule has 5 nitrogen and oxygen atoms in total. The molecule has 122 valence electrons. The Bertz CT molecular complexity index is 665. The highest BCUT2D eigenvalue weighted by molar-refractivity contribution is 8.04. The van der Waals surface area contributed by atoms with Gasteiger partial charge in [0.1, 0.15) is 0 Å². The van der Waals surface area contributed by atoms with Crippen molar-refractivity contribution in [3.8, 4) is 0 Å². The van der Waals surface area contributed by atoms with Gasteiger partial charge in [-0.1, -0.05) is 26.0 Å². The molecule has 1 N–H and O–H groups in total. The smallest absolute Gasteiger partial charge is 0.267 e. The van der Waals surface area contributed by atoms with Crippen LogP contribution in [0.1, 0.15) is 32.8 Å². The van der Waals surface area contributed by atoms with Gasteiger partial charge in [-0.3, -0.25) is 19.3 Å². The van der Waals surface area contributed by atoms with Crippen LogP contribution in [0.2, 0.25) is 0 Å². The molecule has 1 aromatic rings. The highest BCUT2D eigenvalue weighted by atomic mass is 32.2. The molecule has 0 saturated carbocycles. The van der Waals surface area contributed by atoms with E-state index in [4.69, 9.17) is 0 Å². The second kappa shape index (κ2) is 7.46. The number of nitrogens with one attached hydrogen (secondary N) is 1. The summed E-state index contributed by atoms with van der Waals surface area (Å²) in [4.78, 5) is 38.0. The van der Waals surface area contributed by atoms with E-state index in [0.717, 1.165) is 12.2 Å². The standard InChI is InChI=1S/C17H20N2O3S/c1-4-10-19-16(21)14(15(17(19)22)23-5-2)12-6-8-13(9-7-12)18-11(3)20/h6-9H,4-5,10H2,1-3H3,(H,18,20). The lowest BCUT2D eigenvalue weighted by molar-refractivity contribution is -0.136. The molecular formula is C17H20N2O3S. The molecule has 0 bridgehead atoms. The molecule has 0 aliphatic carbocycles. The van der Waals surface area contributed by atoms with E-state index in [1.54, 1.807) is 24.3 Å². The summed E-state index contributed by atoms with van der Waals surface area (Å²) in [6, 6.07) is 6.99. The monoisotopic (exact) mass is 332 g/mol. The second-order valence-electron chi connectivity index (χ2n) is 5.16. The summed E-state index contributed by atoms with van der Waals surface area (Å²) in [5.74, 6) is 0.132. The Kier molecular flexibility index (Phi) is 5.60. The first kappa shape index (κ1) is 17.3. The van der Waals surface area contributed by atoms with Crippen LogP contribution in [0.15, 0.2) is 29.2 Å². The number of amides is 3. The summed E-state index contributed by atoms with van der Waals surface area (Å²) in [6.07, 6.45) is 0.732. The largest absolute Gasteiger partial charge is 0.326 e. The van der Waals surface area contributed by atoms with Gasteiger partial charge in [-0.2, -0.15) is 0 Å². The molecule has 2 rings (SSSR count). The van der Waals surface area contributed by atoms with Crippen molar-refractivity contribution in [2.75, 3.05) is 17.6 Å². The summed E-state index contributed by atoms with van der Waals surface area (Å²) in [7, 11) is 0. The van der Waals surface area contributed by atoms with Gasteiger partial charge >= 0.3 is 0 Å². The zero-order chi connectivity index (χ0) is 17.0. The summed E-state index contributed by atoms with van der Waals surface area (Å²) < 4.78 is 0. The van der Waals surface area contributed by atoms with E-state index in [0.29, 0.717) is 28.3 Å². The molecular weight excluding hydrogens is 312 g/mol. The third-order valence-corrected chi connectivity index (χ3v) is 4.31. The van der Waals surface area contributed by atoms with Crippen molar-refractivity contribution in [3.63, 3.8) is 0 Å². The first-order valence-corrected chi connectivity index (χ1v) is 8.59. The molecule has 1 aromatic carbocycles. The highest BCUT2D eigenvalue weighted by Crippen LogP contribution is 2.36. The number of rotatable bonds is 6. The average Bonchev–Trinajstić information content (AvgIpc) is 2.73. The van der Waals surface area contributed by atoms with E-state index in [-0.39, 0.29) is 17.7 Å². The van der Waals surface area contributed by atoms with Crippen LogP contribution in [0.4, 0.5) is 5.69 Å². The topological polar surface area (TPSA) is 66.5 Å². The van der Waals surface area contributed by atoms with Crippen molar-refractivity contribution in [2.24, 2.45) is 0 Å². The molecule has 0 unspecified atom stereocenters. The minimum absolute atomic E-state index is 0.152. The van der Waals surface area contributed by atoms with Crippen molar-refractivity contribution in [1.82, 2.24) is 4.90 Å². The van der Waals surface area contributed by atoms with Crippen LogP contribution >= 0.6 is 11.8 Å². The van der Waals surface area contributed by atoms with Gasteiger partial charge in [0.05, 0.1) is 10.5 Å². The molecule has 1 aliphatic heterocycles. The van der Waals surface area contributed by atoms with Gasteiger partial charge in [0.25, 0.3) is 11.8 Å². The normalized spacial score (nSPS) is 14.7. The van der Waals surface area contributed by atoms with E-state index >= 15 is 0 Å². The van der Waals surface area contributed by atoms with Gasteiger partial charge in [0.15, 0.2) is 0 Å². The predicted octanol–water partition coefficient (Wildman–Crippen LogP) is 2.89. The minimum atomic E-state index is -0.236. The zero-order valence-corrected chi connectivity index (χ0v) is 14.3. The Balaban J connectivity index is 2.38. The molecule has 0 atom stereocenters. The lowest BCUT2D eigenvalue weighted by Gasteiger charge is -2.13. The molecule has 1 aliphatic rings. The fourth-order valence-corrected chi connectivity index (χ4v) is 3.31. The molecule has 0 saturated heterocycles. The summed E-state index contributed by atoms with van der Waals surface area (Å²) in [5, 5.41) is 2.69. The number of anilines is 1. The Morgan fingerprint density at radius 1 is 1.13 bits per heavy atom. The Morgan fingerprint density at radius 2 is 1.78 bits per heavy atom. The summed E-state index contributed by atoms with van der Waals surface area (Å²) >= 11 is 1.40. The fraction of sp³-hybridized carbons (Fsp3) is 0.353. The van der Waals surface area contributed by atoms with Gasteiger partial charge in [-0.25, -0.2) is 0 Å². The molecule has 1 heterocycles. The molecule has 0 spiro atoms. The second-order valence-corrected chi connectivity index (χ2v) is 6.43. The maximum atomic E-state index is 12.6. The molecule has 0 fully saturated rings. The van der Waals surface area contributed by atoms with Gasteiger partial charge in [-0.05, 0) is 29.9 Å². The number of carbonyl (C=O) groups is 3. The van der Waals surface area contributed by atoms with E-state index in [1.807, 2.05) is 13.8 Å². The maximum Gasteiger partial charge on any atom is 0.267 e. The van der Waals surface area contributed by atoms with E-state index in [9.17, 15) is 14.4 Å². The lowest BCUT2D eigenvalue weighted by atomic mass is 10.1. The van der Waals surface area contributed by atoms with Gasteiger partial charge in [0.2, 0.25) is 5.91 Å². The zero-order valence-electron chi connectivity index (χ0n) is 13.5. The van der Waals surface area contributed by atoms with Gasteiger partial charge < -0.3 is 5.32 Å². The number of imide groups is 1. The lowest BCUT2D eigenvalue weighted by Crippen LogP contribution is -2.32. The van der Waals surface area contributed by atoms with Crippen LogP contribution in [0.3, 0.4) is 0 Å². The Labute approximate surface area is 140 Å². The van der Waals surface area contributed by atoms with Crippen molar-refractivity contribution >= 4 is 40.7 Å². The quantitative estimate of drug-likeness (QED) is 0.814. The third-order valence-electron chi connectivity index (χ3n) is 3.36. The van der Waals surface area contributed by atoms with Crippen LogP contribution in [0.5, 0.6) is 0 Å². The molecule has 0 aromatic heterocycles. The predicted molar refractivity (Wildman–Crippen MR) is 92.8 cm³/mol. The number of nitrogens with zero attached hydrogens (tertiary/aromatic N) is 1. The van der Waals surface area contributed by atoms with Crippen molar-refractivity contribution in [1.29, 1.82) is 0 Å². The SMILES string of the molecule is CCCN1C(=O)C(SCC)=C(c2ccc(NC(C)=O)cc2)C1=O. The number of benzene rings is 1. The highest BCUT2D eigenvalue weighted by Gasteiger charge is 2.38. The Morgan fingerprint density at radius 3 is 2.30 bits per heavy atom. The minimum Gasteiger partial charge on any atom is -0.326 e. The van der Waals surface area contributed by atoms with Crippen LogP contribution < -0.4 is 5.32 Å². The first-order valence-electron chi connectivity index (χ1n) is 7.60. The number of carbonyl (C=O) groups excluding carboxylic acids is 3. The average molecular weight is 332 g/mol. The number of thioether (sulfide) groups is 1. The van der Waals surface area contributed by atoms with E-state index < -0.39 is 0 Å².